The fourth-order valence-electron chi connectivity index (χ4n) is 2.99. The Hall–Kier alpha value is 0.150. The minimum absolute atomic E-state index is 0. The molecule has 1 unspecified atom stereocenters. The van der Waals surface area contributed by atoms with Crippen LogP contribution in [0.2, 0.25) is 0 Å². The number of hydrogen-bond donors (Lipinski definition) is 2. The van der Waals surface area contributed by atoms with E-state index in [1.165, 1.54) is 25.7 Å². The van der Waals surface area contributed by atoms with Crippen LogP contribution in [0.3, 0.4) is 0 Å². The summed E-state index contributed by atoms with van der Waals surface area (Å²) in [5, 5.41) is 6.89. The summed E-state index contributed by atoms with van der Waals surface area (Å²) in [5.74, 6) is 3.18. The summed E-state index contributed by atoms with van der Waals surface area (Å²) in [6.45, 7) is 14.3. The molecular formula is C18H38IN3OS. The molecule has 0 amide bonds. The van der Waals surface area contributed by atoms with Gasteiger partial charge in [-0.1, -0.05) is 13.8 Å². The van der Waals surface area contributed by atoms with Crippen molar-refractivity contribution in [2.45, 2.75) is 78.0 Å². The van der Waals surface area contributed by atoms with E-state index in [-0.39, 0.29) is 28.7 Å². The maximum atomic E-state index is 12.1. The van der Waals surface area contributed by atoms with E-state index < -0.39 is 10.8 Å². The summed E-state index contributed by atoms with van der Waals surface area (Å²) in [5.41, 5.74) is 0. The quantitative estimate of drug-likeness (QED) is 0.351. The number of rotatable bonds is 6. The minimum Gasteiger partial charge on any atom is -0.357 e. The van der Waals surface area contributed by atoms with Gasteiger partial charge in [0.25, 0.3) is 0 Å². The fourth-order valence-corrected chi connectivity index (χ4v) is 3.86. The highest BCUT2D eigenvalue weighted by molar-refractivity contribution is 14.0. The zero-order valence-corrected chi connectivity index (χ0v) is 19.5. The number of nitrogens with zero attached hydrogens (tertiary/aromatic N) is 1. The summed E-state index contributed by atoms with van der Waals surface area (Å²) in [7, 11) is -0.837. The van der Waals surface area contributed by atoms with Crippen LogP contribution in [0.5, 0.6) is 0 Å². The van der Waals surface area contributed by atoms with Crippen LogP contribution in [0.4, 0.5) is 0 Å². The third-order valence-corrected chi connectivity index (χ3v) is 6.55. The second-order valence-corrected chi connectivity index (χ2v) is 10.2. The first kappa shape index (κ1) is 24.1. The Bertz CT molecular complexity index is 400. The Morgan fingerprint density at radius 1 is 1.21 bits per heavy atom. The van der Waals surface area contributed by atoms with Crippen molar-refractivity contribution in [2.75, 3.05) is 18.8 Å². The van der Waals surface area contributed by atoms with Crippen LogP contribution in [0.15, 0.2) is 4.99 Å². The molecule has 1 atom stereocenters. The lowest BCUT2D eigenvalue weighted by Gasteiger charge is -2.32. The van der Waals surface area contributed by atoms with E-state index in [1.807, 2.05) is 20.8 Å². The molecule has 1 aliphatic carbocycles. The molecule has 1 aliphatic rings. The lowest BCUT2D eigenvalue weighted by atomic mass is 9.80. The lowest BCUT2D eigenvalue weighted by Crippen LogP contribution is -2.45. The van der Waals surface area contributed by atoms with Gasteiger partial charge in [-0.15, -0.1) is 24.0 Å². The Morgan fingerprint density at radius 3 is 2.25 bits per heavy atom. The number of halogens is 1. The summed E-state index contributed by atoms with van der Waals surface area (Å²) in [6, 6.07) is 0.524. The van der Waals surface area contributed by atoms with Crippen LogP contribution >= 0.6 is 24.0 Å². The predicted molar refractivity (Wildman–Crippen MR) is 118 cm³/mol. The van der Waals surface area contributed by atoms with Gasteiger partial charge >= 0.3 is 0 Å². The van der Waals surface area contributed by atoms with Gasteiger partial charge in [-0.25, -0.2) is 0 Å². The first-order chi connectivity index (χ1) is 10.7. The van der Waals surface area contributed by atoms with Gasteiger partial charge in [-0.2, -0.15) is 0 Å². The van der Waals surface area contributed by atoms with Crippen molar-refractivity contribution < 1.29 is 4.21 Å². The average Bonchev–Trinajstić information content (AvgIpc) is 2.46. The van der Waals surface area contributed by atoms with E-state index in [9.17, 15) is 4.21 Å². The van der Waals surface area contributed by atoms with Gasteiger partial charge in [0, 0.05) is 33.9 Å². The zero-order valence-electron chi connectivity index (χ0n) is 16.4. The Balaban J connectivity index is 0.00000529. The highest BCUT2D eigenvalue weighted by Gasteiger charge is 2.24. The molecule has 0 bridgehead atoms. The third-order valence-electron chi connectivity index (χ3n) is 4.63. The highest BCUT2D eigenvalue weighted by atomic mass is 127. The molecule has 6 heteroatoms. The smallest absolute Gasteiger partial charge is 0.191 e. The van der Waals surface area contributed by atoms with E-state index in [2.05, 4.69) is 36.4 Å². The van der Waals surface area contributed by atoms with Crippen LogP contribution in [0.1, 0.15) is 67.2 Å². The molecule has 1 fully saturated rings. The van der Waals surface area contributed by atoms with Crippen molar-refractivity contribution in [1.82, 2.24) is 10.6 Å². The Morgan fingerprint density at radius 2 is 1.79 bits per heavy atom. The second kappa shape index (κ2) is 11.7. The molecule has 0 aromatic rings. The average molecular weight is 471 g/mol. The second-order valence-electron chi connectivity index (χ2n) is 7.92. The van der Waals surface area contributed by atoms with Crippen molar-refractivity contribution >= 4 is 40.7 Å². The van der Waals surface area contributed by atoms with Crippen molar-refractivity contribution in [3.05, 3.63) is 0 Å². The van der Waals surface area contributed by atoms with Gasteiger partial charge in [0.15, 0.2) is 5.96 Å². The summed E-state index contributed by atoms with van der Waals surface area (Å²) in [4.78, 5) is 4.62. The largest absolute Gasteiger partial charge is 0.357 e. The predicted octanol–water partition coefficient (Wildman–Crippen LogP) is 3.92. The molecule has 144 valence electrons. The SMILES string of the molecule is CCNC(=NCCS(=O)C(C)(C)C)NC1CCC(C(C)C)CC1.I. The Labute approximate surface area is 168 Å². The molecule has 0 aliphatic heterocycles. The van der Waals surface area contributed by atoms with Gasteiger partial charge in [0.2, 0.25) is 0 Å². The number of guanidine groups is 1. The van der Waals surface area contributed by atoms with Crippen molar-refractivity contribution in [3.63, 3.8) is 0 Å². The van der Waals surface area contributed by atoms with Crippen LogP contribution in [-0.4, -0.2) is 39.8 Å². The van der Waals surface area contributed by atoms with E-state index in [4.69, 9.17) is 0 Å². The van der Waals surface area contributed by atoms with Gasteiger partial charge in [0.1, 0.15) is 0 Å². The van der Waals surface area contributed by atoms with Gasteiger partial charge in [-0.05, 0) is 65.2 Å². The van der Waals surface area contributed by atoms with Crippen molar-refractivity contribution in [2.24, 2.45) is 16.8 Å². The van der Waals surface area contributed by atoms with Gasteiger partial charge in [0.05, 0.1) is 6.54 Å². The standard InChI is InChI=1S/C18H37N3OS.HI/c1-7-19-17(20-12-13-23(22)18(4,5)6)21-16-10-8-15(9-11-16)14(2)3;/h14-16H,7-13H2,1-6H3,(H2,19,20,21);1H. The zero-order chi connectivity index (χ0) is 17.5. The Kier molecular flexibility index (Phi) is 11.8. The normalized spacial score (nSPS) is 23.5. The molecule has 1 saturated carbocycles. The van der Waals surface area contributed by atoms with Crippen molar-refractivity contribution in [1.29, 1.82) is 0 Å². The minimum atomic E-state index is -0.837. The summed E-state index contributed by atoms with van der Waals surface area (Å²) in [6.07, 6.45) is 5.06. The molecule has 24 heavy (non-hydrogen) atoms. The van der Waals surface area contributed by atoms with Crippen LogP contribution < -0.4 is 10.6 Å². The monoisotopic (exact) mass is 471 g/mol. The molecule has 0 radical (unpaired) electrons. The van der Waals surface area contributed by atoms with E-state index >= 15 is 0 Å². The number of nitrogens with one attached hydrogen (secondary N) is 2. The molecule has 2 N–H and O–H groups in total. The maximum Gasteiger partial charge on any atom is 0.191 e. The molecule has 0 heterocycles. The third kappa shape index (κ3) is 9.02. The summed E-state index contributed by atoms with van der Waals surface area (Å²) < 4.78 is 11.9. The van der Waals surface area contributed by atoms with Crippen LogP contribution in [0, 0.1) is 11.8 Å². The molecule has 4 nitrogen and oxygen atoms in total. The molecular weight excluding hydrogens is 433 g/mol. The van der Waals surface area contributed by atoms with E-state index in [0.29, 0.717) is 18.3 Å². The topological polar surface area (TPSA) is 53.5 Å². The van der Waals surface area contributed by atoms with Crippen LogP contribution in [0.25, 0.3) is 0 Å². The molecule has 0 saturated heterocycles. The first-order valence-electron chi connectivity index (χ1n) is 9.17. The first-order valence-corrected chi connectivity index (χ1v) is 10.5. The number of aliphatic imine (C=N–C) groups is 1. The van der Waals surface area contributed by atoms with Crippen LogP contribution in [-0.2, 0) is 10.8 Å². The van der Waals surface area contributed by atoms with E-state index in [0.717, 1.165) is 24.3 Å². The van der Waals surface area contributed by atoms with E-state index in [1.54, 1.807) is 0 Å². The van der Waals surface area contributed by atoms with Crippen molar-refractivity contribution in [3.8, 4) is 0 Å². The maximum absolute atomic E-state index is 12.1. The van der Waals surface area contributed by atoms with Gasteiger partial charge < -0.3 is 10.6 Å². The molecule has 0 spiro atoms. The molecule has 0 aromatic carbocycles. The fraction of sp³-hybridized carbons (Fsp3) is 0.944. The molecule has 1 rings (SSSR count). The number of hydrogen-bond acceptors (Lipinski definition) is 2. The highest BCUT2D eigenvalue weighted by Crippen LogP contribution is 2.29. The van der Waals surface area contributed by atoms with Gasteiger partial charge in [-0.3, -0.25) is 9.20 Å². The lowest BCUT2D eigenvalue weighted by molar-refractivity contribution is 0.250. The molecule has 0 aromatic heterocycles. The summed E-state index contributed by atoms with van der Waals surface area (Å²) >= 11 is 0.